The highest BCUT2D eigenvalue weighted by atomic mass is 32.2. The van der Waals surface area contributed by atoms with E-state index in [1.54, 1.807) is 0 Å². The van der Waals surface area contributed by atoms with E-state index in [0.717, 1.165) is 6.42 Å². The maximum absolute atomic E-state index is 12.4. The zero-order valence-electron chi connectivity index (χ0n) is 10.9. The van der Waals surface area contributed by atoms with Crippen LogP contribution < -0.4 is 4.72 Å². The van der Waals surface area contributed by atoms with Crippen molar-refractivity contribution in [3.05, 3.63) is 35.4 Å². The van der Waals surface area contributed by atoms with Crippen LogP contribution >= 0.6 is 0 Å². The highest BCUT2D eigenvalue weighted by molar-refractivity contribution is 7.89. The SMILES string of the molecule is O=S(=O)(CC1CCOC1)NCc1ccc(C(F)F)cc1. The largest absolute Gasteiger partial charge is 0.381 e. The Balaban J connectivity index is 1.87. The van der Waals surface area contributed by atoms with Gasteiger partial charge in [-0.15, -0.1) is 0 Å². The highest BCUT2D eigenvalue weighted by Gasteiger charge is 2.22. The Morgan fingerprint density at radius 2 is 2.00 bits per heavy atom. The molecule has 1 aromatic rings. The number of halogens is 2. The molecule has 2 rings (SSSR count). The number of benzene rings is 1. The molecule has 0 aromatic heterocycles. The lowest BCUT2D eigenvalue weighted by Crippen LogP contribution is -2.29. The Labute approximate surface area is 117 Å². The number of rotatable bonds is 6. The van der Waals surface area contributed by atoms with Gasteiger partial charge in [0.1, 0.15) is 0 Å². The molecule has 1 fully saturated rings. The first kappa shape index (κ1) is 15.3. The molecule has 20 heavy (non-hydrogen) atoms. The molecule has 1 unspecified atom stereocenters. The second-order valence-corrected chi connectivity index (χ2v) is 6.73. The summed E-state index contributed by atoms with van der Waals surface area (Å²) in [4.78, 5) is 0. The summed E-state index contributed by atoms with van der Waals surface area (Å²) in [6.07, 6.45) is -1.76. The lowest BCUT2D eigenvalue weighted by Gasteiger charge is -2.10. The molecule has 4 nitrogen and oxygen atoms in total. The average molecular weight is 305 g/mol. The van der Waals surface area contributed by atoms with E-state index in [9.17, 15) is 17.2 Å². The summed E-state index contributed by atoms with van der Waals surface area (Å²) in [7, 11) is -3.37. The molecule has 0 radical (unpaired) electrons. The smallest absolute Gasteiger partial charge is 0.263 e. The Bertz CT molecular complexity index is 525. The van der Waals surface area contributed by atoms with E-state index in [4.69, 9.17) is 4.74 Å². The van der Waals surface area contributed by atoms with E-state index in [0.29, 0.717) is 18.8 Å². The van der Waals surface area contributed by atoms with Crippen molar-refractivity contribution in [2.45, 2.75) is 19.4 Å². The van der Waals surface area contributed by atoms with Gasteiger partial charge in [-0.1, -0.05) is 24.3 Å². The molecule has 0 aliphatic carbocycles. The maximum atomic E-state index is 12.4. The normalized spacial score (nSPS) is 19.6. The van der Waals surface area contributed by atoms with Gasteiger partial charge in [0.15, 0.2) is 0 Å². The van der Waals surface area contributed by atoms with Crippen LogP contribution in [0.3, 0.4) is 0 Å². The van der Waals surface area contributed by atoms with Gasteiger partial charge in [-0.2, -0.15) is 0 Å². The fourth-order valence-corrected chi connectivity index (χ4v) is 3.45. The monoisotopic (exact) mass is 305 g/mol. The van der Waals surface area contributed by atoms with Crippen LogP contribution in [0, 0.1) is 5.92 Å². The summed E-state index contributed by atoms with van der Waals surface area (Å²) in [6, 6.07) is 5.61. The highest BCUT2D eigenvalue weighted by Crippen LogP contribution is 2.19. The van der Waals surface area contributed by atoms with E-state index in [1.807, 2.05) is 0 Å². The third-order valence-corrected chi connectivity index (χ3v) is 4.70. The molecule has 1 saturated heterocycles. The number of hydrogen-bond acceptors (Lipinski definition) is 3. The van der Waals surface area contributed by atoms with Crippen molar-refractivity contribution >= 4 is 10.0 Å². The first-order valence-corrected chi connectivity index (χ1v) is 8.03. The lowest BCUT2D eigenvalue weighted by atomic mass is 10.1. The zero-order valence-corrected chi connectivity index (χ0v) is 11.7. The van der Waals surface area contributed by atoms with Crippen molar-refractivity contribution in [1.29, 1.82) is 0 Å². The van der Waals surface area contributed by atoms with Crippen molar-refractivity contribution in [2.24, 2.45) is 5.92 Å². The first-order chi connectivity index (χ1) is 9.46. The Morgan fingerprint density at radius 1 is 1.30 bits per heavy atom. The fraction of sp³-hybridized carbons (Fsp3) is 0.538. The number of sulfonamides is 1. The summed E-state index contributed by atoms with van der Waals surface area (Å²) in [5.74, 6) is 0.0796. The molecule has 1 aliphatic rings. The average Bonchev–Trinajstić information content (AvgIpc) is 2.89. The van der Waals surface area contributed by atoms with Crippen LogP contribution in [0.2, 0.25) is 0 Å². The minimum absolute atomic E-state index is 0.0358. The predicted molar refractivity (Wildman–Crippen MR) is 71.0 cm³/mol. The quantitative estimate of drug-likeness (QED) is 0.875. The van der Waals surface area contributed by atoms with Crippen molar-refractivity contribution in [3.8, 4) is 0 Å². The van der Waals surface area contributed by atoms with Crippen LogP contribution in [0.5, 0.6) is 0 Å². The molecule has 1 N–H and O–H groups in total. The predicted octanol–water partition coefficient (Wildman–Crippen LogP) is 2.08. The van der Waals surface area contributed by atoms with E-state index in [2.05, 4.69) is 4.72 Å². The molecule has 0 saturated carbocycles. The number of nitrogens with one attached hydrogen (secondary N) is 1. The van der Waals surface area contributed by atoms with E-state index in [1.165, 1.54) is 24.3 Å². The number of ether oxygens (including phenoxy) is 1. The molecule has 1 atom stereocenters. The molecule has 0 bridgehead atoms. The lowest BCUT2D eigenvalue weighted by molar-refractivity contribution is 0.151. The summed E-state index contributed by atoms with van der Waals surface area (Å²) in [5.41, 5.74) is 0.584. The van der Waals surface area contributed by atoms with Crippen LogP contribution in [0.15, 0.2) is 24.3 Å². The number of alkyl halides is 2. The van der Waals surface area contributed by atoms with Crippen LogP contribution in [0.1, 0.15) is 24.0 Å². The van der Waals surface area contributed by atoms with Crippen LogP contribution in [0.4, 0.5) is 8.78 Å². The molecule has 0 amide bonds. The first-order valence-electron chi connectivity index (χ1n) is 6.38. The van der Waals surface area contributed by atoms with Crippen molar-refractivity contribution < 1.29 is 21.9 Å². The fourth-order valence-electron chi connectivity index (χ4n) is 2.06. The third kappa shape index (κ3) is 4.50. The van der Waals surface area contributed by atoms with Crippen LogP contribution in [-0.2, 0) is 21.3 Å². The van der Waals surface area contributed by atoms with Gasteiger partial charge in [-0.3, -0.25) is 0 Å². The van der Waals surface area contributed by atoms with Gasteiger partial charge in [0, 0.05) is 18.7 Å². The minimum atomic E-state index is -3.37. The van der Waals surface area contributed by atoms with Gasteiger partial charge >= 0.3 is 0 Å². The molecule has 1 heterocycles. The second kappa shape index (κ2) is 6.60. The summed E-state index contributed by atoms with van der Waals surface area (Å²) in [5, 5.41) is 0. The Morgan fingerprint density at radius 3 is 2.55 bits per heavy atom. The van der Waals surface area contributed by atoms with E-state index < -0.39 is 16.4 Å². The maximum Gasteiger partial charge on any atom is 0.263 e. The molecular formula is C13H17F2NO3S. The van der Waals surface area contributed by atoms with Gasteiger partial charge in [-0.25, -0.2) is 21.9 Å². The number of hydrogen-bond donors (Lipinski definition) is 1. The van der Waals surface area contributed by atoms with E-state index >= 15 is 0 Å². The summed E-state index contributed by atoms with van der Waals surface area (Å²) in [6.45, 7) is 1.19. The third-order valence-electron chi connectivity index (χ3n) is 3.21. The van der Waals surface area contributed by atoms with Crippen molar-refractivity contribution in [2.75, 3.05) is 19.0 Å². The molecule has 112 valence electrons. The Kier molecular flexibility index (Phi) is 5.06. The van der Waals surface area contributed by atoms with Crippen molar-refractivity contribution in [1.82, 2.24) is 4.72 Å². The summed E-state index contributed by atoms with van der Waals surface area (Å²) < 4.78 is 56.1. The standard InChI is InChI=1S/C13H17F2NO3S/c14-13(15)12-3-1-10(2-4-12)7-16-20(17,18)9-11-5-6-19-8-11/h1-4,11,13,16H,5-9H2. The zero-order chi connectivity index (χ0) is 14.6. The summed E-state index contributed by atoms with van der Waals surface area (Å²) >= 11 is 0. The molecule has 1 aromatic carbocycles. The second-order valence-electron chi connectivity index (χ2n) is 4.87. The van der Waals surface area contributed by atoms with Crippen LogP contribution in [-0.4, -0.2) is 27.4 Å². The molecular weight excluding hydrogens is 288 g/mol. The molecule has 1 aliphatic heterocycles. The molecule has 0 spiro atoms. The van der Waals surface area contributed by atoms with Gasteiger partial charge in [0.25, 0.3) is 6.43 Å². The van der Waals surface area contributed by atoms with Crippen LogP contribution in [0.25, 0.3) is 0 Å². The van der Waals surface area contributed by atoms with Gasteiger partial charge < -0.3 is 4.74 Å². The van der Waals surface area contributed by atoms with Gasteiger partial charge in [-0.05, 0) is 17.9 Å². The van der Waals surface area contributed by atoms with Crippen molar-refractivity contribution in [3.63, 3.8) is 0 Å². The van der Waals surface area contributed by atoms with E-state index in [-0.39, 0.29) is 23.8 Å². The molecule has 7 heteroatoms. The Hall–Kier alpha value is -1.05. The van der Waals surface area contributed by atoms with Gasteiger partial charge in [0.2, 0.25) is 10.0 Å². The topological polar surface area (TPSA) is 55.4 Å². The minimum Gasteiger partial charge on any atom is -0.381 e. The van der Waals surface area contributed by atoms with Gasteiger partial charge in [0.05, 0.1) is 12.4 Å².